The van der Waals surface area contributed by atoms with Crippen LogP contribution in [0, 0.1) is 0 Å². The van der Waals surface area contributed by atoms with E-state index in [0.717, 1.165) is 48.1 Å². The maximum Gasteiger partial charge on any atom is 0.348 e. The predicted molar refractivity (Wildman–Crippen MR) is 127 cm³/mol. The van der Waals surface area contributed by atoms with E-state index in [4.69, 9.17) is 14.2 Å². The number of thiophene rings is 1. The molecule has 33 heavy (non-hydrogen) atoms. The van der Waals surface area contributed by atoms with Crippen molar-refractivity contribution in [2.45, 2.75) is 52.4 Å². The molecule has 0 bridgehead atoms. The second-order valence-corrected chi connectivity index (χ2v) is 8.89. The lowest BCUT2D eigenvalue weighted by Crippen LogP contribution is -2.08. The van der Waals surface area contributed by atoms with Crippen LogP contribution in [0.1, 0.15) is 70.7 Å². The van der Waals surface area contributed by atoms with Gasteiger partial charge < -0.3 is 14.2 Å². The van der Waals surface area contributed by atoms with Gasteiger partial charge in [0.05, 0.1) is 36.7 Å². The van der Waals surface area contributed by atoms with E-state index < -0.39 is 0 Å². The zero-order valence-electron chi connectivity index (χ0n) is 19.2. The molecular weight excluding hydrogens is 440 g/mol. The highest BCUT2D eigenvalue weighted by atomic mass is 32.1. The molecule has 1 aliphatic rings. The van der Waals surface area contributed by atoms with Crippen LogP contribution < -0.4 is 9.47 Å². The summed E-state index contributed by atoms with van der Waals surface area (Å²) in [6.45, 7) is 4.21. The minimum Gasteiger partial charge on any atom is -0.496 e. The van der Waals surface area contributed by atoms with Crippen molar-refractivity contribution in [2.24, 2.45) is 0 Å². The van der Waals surface area contributed by atoms with Crippen LogP contribution in [0.4, 0.5) is 0 Å². The lowest BCUT2D eigenvalue weighted by Gasteiger charge is -2.15. The Morgan fingerprint density at radius 3 is 2.79 bits per heavy atom. The van der Waals surface area contributed by atoms with Gasteiger partial charge in [-0.25, -0.2) is 4.79 Å². The SMILES string of the molecule is CCCCCC(=O)c1ccc(Oc2sc(C(=O)OCC)c3c2-c2[nH]ncc2CC3)cc1OC. The molecule has 0 saturated carbocycles. The zero-order chi connectivity index (χ0) is 23.4. The Kier molecular flexibility index (Phi) is 7.13. The fourth-order valence-electron chi connectivity index (χ4n) is 4.09. The molecule has 3 aromatic rings. The minimum atomic E-state index is -0.345. The molecule has 0 saturated heterocycles. The van der Waals surface area contributed by atoms with E-state index >= 15 is 0 Å². The van der Waals surface area contributed by atoms with E-state index in [1.807, 2.05) is 6.20 Å². The van der Waals surface area contributed by atoms with Crippen LogP contribution in [0.15, 0.2) is 24.4 Å². The smallest absolute Gasteiger partial charge is 0.348 e. The van der Waals surface area contributed by atoms with Gasteiger partial charge in [-0.3, -0.25) is 9.89 Å². The average Bonchev–Trinajstić information content (AvgIpc) is 3.43. The summed E-state index contributed by atoms with van der Waals surface area (Å²) in [4.78, 5) is 25.8. The summed E-state index contributed by atoms with van der Waals surface area (Å²) in [7, 11) is 1.55. The number of aromatic nitrogens is 2. The topological polar surface area (TPSA) is 90.5 Å². The molecule has 4 rings (SSSR count). The van der Waals surface area contributed by atoms with E-state index in [1.54, 1.807) is 32.2 Å². The van der Waals surface area contributed by atoms with Crippen LogP contribution in [0.25, 0.3) is 11.3 Å². The normalized spacial score (nSPS) is 12.1. The van der Waals surface area contributed by atoms with Crippen molar-refractivity contribution in [3.05, 3.63) is 46.0 Å². The van der Waals surface area contributed by atoms with Gasteiger partial charge in [-0.15, -0.1) is 0 Å². The highest BCUT2D eigenvalue weighted by Crippen LogP contribution is 2.48. The second kappa shape index (κ2) is 10.2. The van der Waals surface area contributed by atoms with Crippen LogP contribution in [0.5, 0.6) is 16.6 Å². The van der Waals surface area contributed by atoms with Crippen molar-refractivity contribution < 1.29 is 23.8 Å². The van der Waals surface area contributed by atoms with Crippen LogP contribution in [0.3, 0.4) is 0 Å². The molecule has 2 aromatic heterocycles. The Morgan fingerprint density at radius 2 is 2.03 bits per heavy atom. The quantitative estimate of drug-likeness (QED) is 0.224. The van der Waals surface area contributed by atoms with E-state index in [-0.39, 0.29) is 11.8 Å². The van der Waals surface area contributed by atoms with Crippen LogP contribution in [-0.2, 0) is 17.6 Å². The Hall–Kier alpha value is -3.13. The number of hydrogen-bond acceptors (Lipinski definition) is 7. The third-order valence-electron chi connectivity index (χ3n) is 5.74. The van der Waals surface area contributed by atoms with Gasteiger partial charge >= 0.3 is 5.97 Å². The van der Waals surface area contributed by atoms with Gasteiger partial charge in [-0.05, 0) is 49.4 Å². The van der Waals surface area contributed by atoms with Crippen molar-refractivity contribution in [2.75, 3.05) is 13.7 Å². The number of benzene rings is 1. The van der Waals surface area contributed by atoms with Gasteiger partial charge in [-0.1, -0.05) is 31.1 Å². The number of nitrogens with zero attached hydrogens (tertiary/aromatic N) is 1. The van der Waals surface area contributed by atoms with Gasteiger partial charge in [0.1, 0.15) is 16.4 Å². The summed E-state index contributed by atoms with van der Waals surface area (Å²) in [5.74, 6) is 0.726. The number of aromatic amines is 1. The number of carbonyl (C=O) groups excluding carboxylic acids is 2. The molecule has 0 fully saturated rings. The first kappa shape index (κ1) is 23.0. The molecule has 1 N–H and O–H groups in total. The molecule has 0 aliphatic heterocycles. The summed E-state index contributed by atoms with van der Waals surface area (Å²) in [5, 5.41) is 7.82. The summed E-state index contributed by atoms with van der Waals surface area (Å²) in [6.07, 6.45) is 6.76. The molecule has 0 radical (unpaired) electrons. The van der Waals surface area contributed by atoms with Gasteiger partial charge in [-0.2, -0.15) is 5.10 Å². The fourth-order valence-corrected chi connectivity index (χ4v) is 5.21. The predicted octanol–water partition coefficient (Wildman–Crippen LogP) is 5.98. The molecule has 2 heterocycles. The second-order valence-electron chi connectivity index (χ2n) is 7.91. The average molecular weight is 469 g/mol. The highest BCUT2D eigenvalue weighted by molar-refractivity contribution is 7.16. The first-order valence-electron chi connectivity index (χ1n) is 11.3. The largest absolute Gasteiger partial charge is 0.496 e. The van der Waals surface area contributed by atoms with Crippen LogP contribution >= 0.6 is 11.3 Å². The molecule has 174 valence electrons. The molecular formula is C25H28N2O5S. The fraction of sp³-hybridized carbons (Fsp3) is 0.400. The number of ketones is 1. The molecule has 0 unspecified atom stereocenters. The van der Waals surface area contributed by atoms with Crippen LogP contribution in [-0.4, -0.2) is 35.7 Å². The molecule has 1 aromatic carbocycles. The number of fused-ring (bicyclic) bond motifs is 3. The summed E-state index contributed by atoms with van der Waals surface area (Å²) in [6, 6.07) is 5.23. The standard InChI is InChI=1S/C25H28N2O5S/c1-4-6-7-8-19(28)17-12-10-16(13-20(17)30-3)32-25-21-18(23(33-25)24(29)31-5-2)11-9-15-14-26-27-22(15)21/h10,12-14H,4-9,11H2,1-3H3,(H,26,27). The maximum absolute atomic E-state index is 12.6. The summed E-state index contributed by atoms with van der Waals surface area (Å²) in [5.41, 5.74) is 4.27. The number of Topliss-reactive ketones (excluding diaryl/α,β-unsaturated/α-hetero) is 1. The number of unbranched alkanes of at least 4 members (excludes halogenated alkanes) is 2. The molecule has 0 amide bonds. The van der Waals surface area contributed by atoms with Gasteiger partial charge in [0.15, 0.2) is 10.8 Å². The molecule has 0 atom stereocenters. The van der Waals surface area contributed by atoms with Gasteiger partial charge in [0.25, 0.3) is 0 Å². The number of H-pyrrole nitrogens is 1. The number of nitrogens with one attached hydrogen (secondary N) is 1. The van der Waals surface area contributed by atoms with Crippen molar-refractivity contribution in [1.29, 1.82) is 0 Å². The molecule has 7 nitrogen and oxygen atoms in total. The number of rotatable bonds is 10. The first-order chi connectivity index (χ1) is 16.1. The molecule has 8 heteroatoms. The molecule has 1 aliphatic carbocycles. The van der Waals surface area contributed by atoms with Gasteiger partial charge in [0, 0.05) is 12.5 Å². The number of carbonyl (C=O) groups is 2. The van der Waals surface area contributed by atoms with Crippen molar-refractivity contribution in [1.82, 2.24) is 10.2 Å². The Labute approximate surface area is 197 Å². The third-order valence-corrected chi connectivity index (χ3v) is 6.83. The van der Waals surface area contributed by atoms with Gasteiger partial charge in [0.2, 0.25) is 0 Å². The summed E-state index contributed by atoms with van der Waals surface area (Å²) < 4.78 is 17.0. The Balaban J connectivity index is 1.67. The van der Waals surface area contributed by atoms with Crippen molar-refractivity contribution >= 4 is 23.1 Å². The number of ether oxygens (including phenoxy) is 3. The van der Waals surface area contributed by atoms with E-state index in [1.165, 1.54) is 11.3 Å². The lowest BCUT2D eigenvalue weighted by molar-refractivity contribution is 0.0530. The van der Waals surface area contributed by atoms with Crippen LogP contribution in [0.2, 0.25) is 0 Å². The lowest BCUT2D eigenvalue weighted by atomic mass is 9.92. The monoisotopic (exact) mass is 468 g/mol. The molecule has 0 spiro atoms. The number of methoxy groups -OCH3 is 1. The van der Waals surface area contributed by atoms with E-state index in [9.17, 15) is 9.59 Å². The Bertz CT molecular complexity index is 1160. The van der Waals surface area contributed by atoms with E-state index in [0.29, 0.717) is 46.5 Å². The maximum atomic E-state index is 12.6. The van der Waals surface area contributed by atoms with Crippen molar-refractivity contribution in [3.63, 3.8) is 0 Å². The number of hydrogen-bond donors (Lipinski definition) is 1. The highest BCUT2D eigenvalue weighted by Gasteiger charge is 2.31. The zero-order valence-corrected chi connectivity index (χ0v) is 20.0. The summed E-state index contributed by atoms with van der Waals surface area (Å²) >= 11 is 1.27. The van der Waals surface area contributed by atoms with Crippen molar-refractivity contribution in [3.8, 4) is 27.8 Å². The number of esters is 1. The third kappa shape index (κ3) is 4.66. The first-order valence-corrected chi connectivity index (χ1v) is 12.1. The van der Waals surface area contributed by atoms with E-state index in [2.05, 4.69) is 17.1 Å². The number of aryl methyl sites for hydroxylation is 1. The minimum absolute atomic E-state index is 0.0621. The Morgan fingerprint density at radius 1 is 1.18 bits per heavy atom.